The van der Waals surface area contributed by atoms with Crippen molar-refractivity contribution in [2.75, 3.05) is 18.4 Å². The van der Waals surface area contributed by atoms with Gasteiger partial charge in [-0.3, -0.25) is 9.59 Å². The molecule has 21 heavy (non-hydrogen) atoms. The molecule has 2 rings (SSSR count). The summed E-state index contributed by atoms with van der Waals surface area (Å²) in [7, 11) is 0. The van der Waals surface area contributed by atoms with E-state index in [-0.39, 0.29) is 17.7 Å². The highest BCUT2D eigenvalue weighted by molar-refractivity contribution is 6.39. The largest absolute Gasteiger partial charge is 0.343 e. The molecule has 1 saturated heterocycles. The summed E-state index contributed by atoms with van der Waals surface area (Å²) < 4.78 is 0. The normalized spacial score (nSPS) is 15.9. The number of hydrogen-bond acceptors (Lipinski definition) is 2. The van der Waals surface area contributed by atoms with Crippen molar-refractivity contribution in [2.24, 2.45) is 5.92 Å². The second kappa shape index (κ2) is 7.14. The molecule has 1 aliphatic rings. The zero-order valence-corrected chi connectivity index (χ0v) is 13.4. The summed E-state index contributed by atoms with van der Waals surface area (Å²) in [6, 6.07) is 5.10. The molecule has 1 aromatic carbocycles. The van der Waals surface area contributed by atoms with Gasteiger partial charge in [0.25, 0.3) is 0 Å². The minimum Gasteiger partial charge on any atom is -0.343 e. The molecule has 0 bridgehead atoms. The number of likely N-dealkylation sites (tertiary alicyclic amines) is 1. The smallest absolute Gasteiger partial charge is 0.227 e. The first kappa shape index (κ1) is 16.1. The van der Waals surface area contributed by atoms with Gasteiger partial charge in [0.05, 0.1) is 15.7 Å². The number of rotatable bonds is 3. The van der Waals surface area contributed by atoms with Crippen LogP contribution in [-0.4, -0.2) is 29.8 Å². The van der Waals surface area contributed by atoms with E-state index in [2.05, 4.69) is 5.32 Å². The predicted molar refractivity (Wildman–Crippen MR) is 84.7 cm³/mol. The third kappa shape index (κ3) is 3.89. The Morgan fingerprint density at radius 2 is 1.81 bits per heavy atom. The first-order chi connectivity index (χ1) is 10.0. The fourth-order valence-electron chi connectivity index (χ4n) is 2.46. The van der Waals surface area contributed by atoms with Gasteiger partial charge in [0.15, 0.2) is 0 Å². The van der Waals surface area contributed by atoms with Gasteiger partial charge in [-0.1, -0.05) is 36.2 Å². The third-order valence-electron chi connectivity index (χ3n) is 3.73. The number of nitrogens with one attached hydrogen (secondary N) is 1. The molecule has 1 aromatic rings. The van der Waals surface area contributed by atoms with Gasteiger partial charge < -0.3 is 10.2 Å². The highest BCUT2D eigenvalue weighted by atomic mass is 35.5. The van der Waals surface area contributed by atoms with E-state index < -0.39 is 0 Å². The van der Waals surface area contributed by atoms with E-state index in [0.717, 1.165) is 0 Å². The van der Waals surface area contributed by atoms with E-state index in [9.17, 15) is 9.59 Å². The van der Waals surface area contributed by atoms with Crippen LogP contribution < -0.4 is 5.32 Å². The van der Waals surface area contributed by atoms with Crippen LogP contribution in [0.2, 0.25) is 10.0 Å². The molecule has 2 amide bonds. The molecule has 4 nitrogen and oxygen atoms in total. The lowest BCUT2D eigenvalue weighted by molar-refractivity contribution is -0.134. The second-order valence-corrected chi connectivity index (χ2v) is 5.91. The third-order valence-corrected chi connectivity index (χ3v) is 4.36. The number of para-hydroxylation sites is 1. The number of nitrogens with zero attached hydrogens (tertiary/aromatic N) is 1. The Morgan fingerprint density at radius 1 is 1.24 bits per heavy atom. The second-order valence-electron chi connectivity index (χ2n) is 5.09. The minimum absolute atomic E-state index is 0.0893. The van der Waals surface area contributed by atoms with Crippen LogP contribution in [0.15, 0.2) is 18.2 Å². The van der Waals surface area contributed by atoms with Crippen LogP contribution in [-0.2, 0) is 9.59 Å². The number of carbonyl (C=O) groups is 2. The van der Waals surface area contributed by atoms with E-state index in [1.165, 1.54) is 0 Å². The summed E-state index contributed by atoms with van der Waals surface area (Å²) >= 11 is 12.1. The minimum atomic E-state index is -0.113. The Morgan fingerprint density at radius 3 is 2.33 bits per heavy atom. The molecule has 0 aliphatic carbocycles. The van der Waals surface area contributed by atoms with Crippen LogP contribution in [0.3, 0.4) is 0 Å². The first-order valence-electron chi connectivity index (χ1n) is 7.05. The zero-order valence-electron chi connectivity index (χ0n) is 11.9. The molecule has 0 radical (unpaired) electrons. The highest BCUT2D eigenvalue weighted by Crippen LogP contribution is 2.31. The van der Waals surface area contributed by atoms with Crippen LogP contribution in [0, 0.1) is 5.92 Å². The molecule has 1 aliphatic heterocycles. The maximum atomic E-state index is 12.3. The SMILES string of the molecule is CCC(=O)N1CCC(C(=O)Nc2c(Cl)cccc2Cl)CC1. The van der Waals surface area contributed by atoms with Crippen LogP contribution in [0.4, 0.5) is 5.69 Å². The summed E-state index contributed by atoms with van der Waals surface area (Å²) in [6.45, 7) is 3.10. The van der Waals surface area contributed by atoms with Gasteiger partial charge in [0, 0.05) is 25.4 Å². The Labute approximate surface area is 134 Å². The molecule has 1 N–H and O–H groups in total. The lowest BCUT2D eigenvalue weighted by Crippen LogP contribution is -2.41. The molecule has 0 aromatic heterocycles. The first-order valence-corrected chi connectivity index (χ1v) is 7.81. The van der Waals surface area contributed by atoms with E-state index in [0.29, 0.717) is 48.1 Å². The van der Waals surface area contributed by atoms with Crippen LogP contribution in [0.1, 0.15) is 26.2 Å². The van der Waals surface area contributed by atoms with Crippen LogP contribution in [0.25, 0.3) is 0 Å². The van der Waals surface area contributed by atoms with Gasteiger partial charge >= 0.3 is 0 Å². The summed E-state index contributed by atoms with van der Waals surface area (Å²) in [5, 5.41) is 3.65. The van der Waals surface area contributed by atoms with Crippen molar-refractivity contribution >= 4 is 40.7 Å². The number of anilines is 1. The topological polar surface area (TPSA) is 49.4 Å². The van der Waals surface area contributed by atoms with E-state index in [1.807, 2.05) is 11.8 Å². The number of piperidine rings is 1. The van der Waals surface area contributed by atoms with Crippen molar-refractivity contribution in [1.29, 1.82) is 0 Å². The number of amides is 2. The number of hydrogen-bond donors (Lipinski definition) is 1. The Bertz CT molecular complexity index is 520. The van der Waals surface area contributed by atoms with Crippen molar-refractivity contribution < 1.29 is 9.59 Å². The standard InChI is InChI=1S/C15H18Cl2N2O2/c1-2-13(20)19-8-6-10(7-9-19)15(21)18-14-11(16)4-3-5-12(14)17/h3-5,10H,2,6-9H2,1H3,(H,18,21). The summed E-state index contributed by atoms with van der Waals surface area (Å²) in [5.41, 5.74) is 0.456. The number of carbonyl (C=O) groups excluding carboxylic acids is 2. The van der Waals surface area contributed by atoms with Gasteiger partial charge in [-0.05, 0) is 25.0 Å². The van der Waals surface area contributed by atoms with Gasteiger partial charge in [-0.2, -0.15) is 0 Å². The monoisotopic (exact) mass is 328 g/mol. The molecule has 1 fully saturated rings. The molecule has 0 unspecified atom stereocenters. The molecule has 6 heteroatoms. The molecule has 0 atom stereocenters. The van der Waals surface area contributed by atoms with E-state index >= 15 is 0 Å². The van der Waals surface area contributed by atoms with Crippen molar-refractivity contribution in [1.82, 2.24) is 4.90 Å². The maximum Gasteiger partial charge on any atom is 0.227 e. The van der Waals surface area contributed by atoms with Crippen molar-refractivity contribution in [3.05, 3.63) is 28.2 Å². The molecule has 0 saturated carbocycles. The molecular formula is C15H18Cl2N2O2. The molecule has 0 spiro atoms. The van der Waals surface area contributed by atoms with E-state index in [4.69, 9.17) is 23.2 Å². The quantitative estimate of drug-likeness (QED) is 0.921. The average molecular weight is 329 g/mol. The Hall–Kier alpha value is -1.26. The lowest BCUT2D eigenvalue weighted by Gasteiger charge is -2.31. The van der Waals surface area contributed by atoms with Gasteiger partial charge in [-0.25, -0.2) is 0 Å². The molecule has 114 valence electrons. The predicted octanol–water partition coefficient (Wildman–Crippen LogP) is 3.58. The van der Waals surface area contributed by atoms with Crippen LogP contribution >= 0.6 is 23.2 Å². The summed E-state index contributed by atoms with van der Waals surface area (Å²) in [6.07, 6.45) is 1.84. The van der Waals surface area contributed by atoms with Gasteiger partial charge in [0.2, 0.25) is 11.8 Å². The summed E-state index contributed by atoms with van der Waals surface area (Å²) in [4.78, 5) is 25.7. The van der Waals surface area contributed by atoms with Crippen LogP contribution in [0.5, 0.6) is 0 Å². The average Bonchev–Trinajstić information content (AvgIpc) is 2.50. The van der Waals surface area contributed by atoms with Gasteiger partial charge in [-0.15, -0.1) is 0 Å². The van der Waals surface area contributed by atoms with Gasteiger partial charge in [0.1, 0.15) is 0 Å². The fraction of sp³-hybridized carbons (Fsp3) is 0.467. The van der Waals surface area contributed by atoms with Crippen molar-refractivity contribution in [3.8, 4) is 0 Å². The Kier molecular flexibility index (Phi) is 5.48. The molecule has 1 heterocycles. The number of halogens is 2. The fourth-order valence-corrected chi connectivity index (χ4v) is 2.95. The zero-order chi connectivity index (χ0) is 15.4. The van der Waals surface area contributed by atoms with Crippen molar-refractivity contribution in [3.63, 3.8) is 0 Å². The lowest BCUT2D eigenvalue weighted by atomic mass is 9.95. The Balaban J connectivity index is 1.95. The summed E-state index contributed by atoms with van der Waals surface area (Å²) in [5.74, 6) is -0.0603. The van der Waals surface area contributed by atoms with Crippen molar-refractivity contribution in [2.45, 2.75) is 26.2 Å². The van der Waals surface area contributed by atoms with E-state index in [1.54, 1.807) is 18.2 Å². The highest BCUT2D eigenvalue weighted by Gasteiger charge is 2.27. The maximum absolute atomic E-state index is 12.3. The molecular weight excluding hydrogens is 311 g/mol. The number of benzene rings is 1.